The molecule has 0 aromatic rings. The van der Waals surface area contributed by atoms with Gasteiger partial charge in [-0.05, 0) is 85.7 Å². The van der Waals surface area contributed by atoms with E-state index in [9.17, 15) is 14.3 Å². The van der Waals surface area contributed by atoms with Gasteiger partial charge < -0.3 is 9.42 Å². The summed E-state index contributed by atoms with van der Waals surface area (Å²) in [5, 5.41) is 0. The molecular weight excluding hydrogens is 448 g/mol. The van der Waals surface area contributed by atoms with Gasteiger partial charge >= 0.3 is 7.60 Å². The maximum Gasteiger partial charge on any atom is 0.325 e. The van der Waals surface area contributed by atoms with E-state index in [0.29, 0.717) is 30.0 Å². The number of carbonyl (C=O) groups excluding carboxylic acids is 1. The fourth-order valence-electron chi connectivity index (χ4n) is 7.25. The molecule has 0 aliphatic heterocycles. The smallest absolute Gasteiger partial charge is 0.324 e. The van der Waals surface area contributed by atoms with Crippen LogP contribution in [0.5, 0.6) is 0 Å². The molecule has 6 heteroatoms. The molecule has 0 saturated heterocycles. The molecule has 0 amide bonds. The van der Waals surface area contributed by atoms with E-state index < -0.39 is 7.60 Å². The van der Waals surface area contributed by atoms with Crippen LogP contribution in [-0.2, 0) is 46.6 Å². The molecule has 3 fully saturated rings. The molecule has 3 saturated carbocycles. The van der Waals surface area contributed by atoms with Gasteiger partial charge in [0.1, 0.15) is 0 Å². The average molecular weight is 481 g/mol. The van der Waals surface area contributed by atoms with E-state index in [1.54, 1.807) is 0 Å². The molecule has 0 heterocycles. The van der Waals surface area contributed by atoms with Gasteiger partial charge in [0.25, 0.3) is 0 Å². The first-order valence-corrected chi connectivity index (χ1v) is 12.5. The number of hydrogen-bond acceptors (Lipinski definition) is 3. The van der Waals surface area contributed by atoms with Crippen molar-refractivity contribution in [3.05, 3.63) is 23.3 Å². The first kappa shape index (κ1) is 23.1. The Kier molecular flexibility index (Phi) is 6.45. The van der Waals surface area contributed by atoms with Crippen LogP contribution in [0.25, 0.3) is 0 Å². The molecule has 7 atom stereocenters. The molecule has 1 N–H and O–H groups in total. The summed E-state index contributed by atoms with van der Waals surface area (Å²) in [6.45, 7) is 8.07. The van der Waals surface area contributed by atoms with Crippen LogP contribution in [0, 0.1) is 28.6 Å². The number of fused-ring (bicyclic) bond motifs is 5. The molecule has 0 aromatic heterocycles. The molecule has 4 aliphatic carbocycles. The number of hydrogen-bond donors (Lipinski definition) is 1. The van der Waals surface area contributed by atoms with Gasteiger partial charge in [-0.2, -0.15) is 0 Å². The second-order valence-electron chi connectivity index (χ2n) is 9.80. The van der Waals surface area contributed by atoms with Crippen molar-refractivity contribution in [3.63, 3.8) is 0 Å². The summed E-state index contributed by atoms with van der Waals surface area (Å²) in [6.07, 6.45) is 10.8. The standard InChI is InChI=1S/C22H33O4P.Y/c1-5-17-20(26-27(4,24)25)13-19-16-7-6-14-12-15(23)8-10-21(14,2)18(16)9-11-22(17,19)3;/h5,12,16,18-20H,6-11,13H2,1-4H3,(H,24,25);/b17-5+;. The molecule has 0 spiro atoms. The molecule has 4 aliphatic rings. The van der Waals surface area contributed by atoms with Crippen LogP contribution in [0.3, 0.4) is 0 Å². The van der Waals surface area contributed by atoms with Crippen molar-refractivity contribution in [1.82, 2.24) is 0 Å². The van der Waals surface area contributed by atoms with Gasteiger partial charge in [0.2, 0.25) is 0 Å². The van der Waals surface area contributed by atoms with Gasteiger partial charge in [0, 0.05) is 45.8 Å². The van der Waals surface area contributed by atoms with Crippen molar-refractivity contribution in [2.45, 2.75) is 71.8 Å². The van der Waals surface area contributed by atoms with Crippen LogP contribution in [0.2, 0.25) is 0 Å². The Labute approximate surface area is 194 Å². The molecule has 1 radical (unpaired) electrons. The molecule has 7 unspecified atom stereocenters. The third-order valence-electron chi connectivity index (χ3n) is 8.46. The quantitative estimate of drug-likeness (QED) is 0.431. The van der Waals surface area contributed by atoms with Crippen LogP contribution in [0.1, 0.15) is 65.7 Å². The minimum absolute atomic E-state index is 0. The summed E-state index contributed by atoms with van der Waals surface area (Å²) in [7, 11) is -3.52. The molecule has 0 aromatic carbocycles. The zero-order chi connectivity index (χ0) is 19.6. The van der Waals surface area contributed by atoms with Crippen LogP contribution in [0.4, 0.5) is 0 Å². The SMILES string of the molecule is C/C=C1\C(OP(C)(=O)O)CC2C3CCC4=CC(=O)CCC4(C)C3CCC12C.[Y]. The van der Waals surface area contributed by atoms with Crippen molar-refractivity contribution in [2.24, 2.45) is 28.6 Å². The van der Waals surface area contributed by atoms with Crippen molar-refractivity contribution in [1.29, 1.82) is 0 Å². The Morgan fingerprint density at radius 1 is 1.18 bits per heavy atom. The summed E-state index contributed by atoms with van der Waals surface area (Å²) in [5.41, 5.74) is 2.84. The van der Waals surface area contributed by atoms with Gasteiger partial charge in [-0.3, -0.25) is 9.36 Å². The van der Waals surface area contributed by atoms with E-state index in [0.717, 1.165) is 32.1 Å². The minimum atomic E-state index is -3.52. The summed E-state index contributed by atoms with van der Waals surface area (Å²) in [6, 6.07) is 0. The molecule has 4 rings (SSSR count). The summed E-state index contributed by atoms with van der Waals surface area (Å²) >= 11 is 0. The van der Waals surface area contributed by atoms with E-state index in [-0.39, 0.29) is 49.6 Å². The van der Waals surface area contributed by atoms with Crippen molar-refractivity contribution < 1.29 is 51.5 Å². The summed E-state index contributed by atoms with van der Waals surface area (Å²) in [5.74, 6) is 2.02. The van der Waals surface area contributed by atoms with Crippen LogP contribution < -0.4 is 0 Å². The topological polar surface area (TPSA) is 63.6 Å². The van der Waals surface area contributed by atoms with Gasteiger partial charge in [-0.1, -0.05) is 25.5 Å². The monoisotopic (exact) mass is 481 g/mol. The second-order valence-corrected chi connectivity index (χ2v) is 11.6. The number of ketones is 1. The van der Waals surface area contributed by atoms with Gasteiger partial charge in [-0.15, -0.1) is 0 Å². The zero-order valence-corrected chi connectivity index (χ0v) is 21.3. The van der Waals surface area contributed by atoms with Gasteiger partial charge in [0.05, 0.1) is 6.10 Å². The Bertz CT molecular complexity index is 768. The first-order valence-electron chi connectivity index (χ1n) is 10.5. The van der Waals surface area contributed by atoms with Crippen molar-refractivity contribution in [3.8, 4) is 0 Å². The maximum absolute atomic E-state index is 12.0. The molecule has 0 bridgehead atoms. The van der Waals surface area contributed by atoms with Crippen molar-refractivity contribution >= 4 is 13.4 Å². The fraction of sp³-hybridized carbons (Fsp3) is 0.773. The predicted molar refractivity (Wildman–Crippen MR) is 106 cm³/mol. The summed E-state index contributed by atoms with van der Waals surface area (Å²) < 4.78 is 17.6. The van der Waals surface area contributed by atoms with E-state index in [1.165, 1.54) is 24.2 Å². The number of rotatable bonds is 2. The first-order chi connectivity index (χ1) is 12.6. The molecule has 153 valence electrons. The maximum atomic E-state index is 12.0. The third-order valence-corrected chi connectivity index (χ3v) is 9.11. The average Bonchev–Trinajstić information content (AvgIpc) is 2.84. The Balaban J connectivity index is 0.00000225. The van der Waals surface area contributed by atoms with Crippen LogP contribution >= 0.6 is 7.60 Å². The Morgan fingerprint density at radius 2 is 1.89 bits per heavy atom. The predicted octanol–water partition coefficient (Wildman–Crippen LogP) is 5.27. The van der Waals surface area contributed by atoms with Gasteiger partial charge in [-0.25, -0.2) is 0 Å². The van der Waals surface area contributed by atoms with Crippen molar-refractivity contribution in [2.75, 3.05) is 6.66 Å². The Morgan fingerprint density at radius 3 is 2.54 bits per heavy atom. The normalized spacial score (nSPS) is 46.0. The summed E-state index contributed by atoms with van der Waals surface area (Å²) in [4.78, 5) is 21.8. The van der Waals surface area contributed by atoms with E-state index in [4.69, 9.17) is 4.52 Å². The van der Waals surface area contributed by atoms with Gasteiger partial charge in [0.15, 0.2) is 5.78 Å². The molecular formula is C22H33O4PY. The van der Waals surface area contributed by atoms with E-state index in [2.05, 4.69) is 19.9 Å². The van der Waals surface area contributed by atoms with E-state index >= 15 is 0 Å². The van der Waals surface area contributed by atoms with Crippen LogP contribution in [0.15, 0.2) is 23.3 Å². The molecule has 28 heavy (non-hydrogen) atoms. The zero-order valence-electron chi connectivity index (χ0n) is 17.6. The third kappa shape index (κ3) is 3.64. The van der Waals surface area contributed by atoms with Crippen LogP contribution in [-0.4, -0.2) is 23.4 Å². The Hall–Kier alpha value is 0.404. The second kappa shape index (κ2) is 7.83. The van der Waals surface area contributed by atoms with E-state index in [1.807, 2.05) is 13.0 Å². The minimum Gasteiger partial charge on any atom is -0.324 e. The fourth-order valence-corrected chi connectivity index (χ4v) is 7.92. The molecule has 4 nitrogen and oxygen atoms in total. The number of carbonyl (C=O) groups is 1. The number of allylic oxidation sites excluding steroid dienone is 2. The largest absolute Gasteiger partial charge is 0.325 e.